The summed E-state index contributed by atoms with van der Waals surface area (Å²) in [5.41, 5.74) is 1.21. The fraction of sp³-hybridized carbons (Fsp3) is 0.300. The summed E-state index contributed by atoms with van der Waals surface area (Å²) < 4.78 is 45.4. The van der Waals surface area contributed by atoms with Crippen LogP contribution in [0.4, 0.5) is 4.39 Å². The molecule has 0 spiro atoms. The predicted molar refractivity (Wildman–Crippen MR) is 106 cm³/mol. The molecule has 2 aromatic carbocycles. The number of halogens is 2. The van der Waals surface area contributed by atoms with E-state index < -0.39 is 27.9 Å². The van der Waals surface area contributed by atoms with E-state index in [-0.39, 0.29) is 48.4 Å². The summed E-state index contributed by atoms with van der Waals surface area (Å²) in [4.78, 5) is 26.4. The highest BCUT2D eigenvalue weighted by molar-refractivity contribution is 7.89. The highest BCUT2D eigenvalue weighted by atomic mass is 35.5. The predicted octanol–water partition coefficient (Wildman–Crippen LogP) is 2.09. The summed E-state index contributed by atoms with van der Waals surface area (Å²) in [6, 6.07) is 10.2. The lowest BCUT2D eigenvalue weighted by molar-refractivity contribution is -0.142. The van der Waals surface area contributed by atoms with Gasteiger partial charge in [-0.2, -0.15) is 4.31 Å². The van der Waals surface area contributed by atoms with Crippen LogP contribution in [0.5, 0.6) is 0 Å². The van der Waals surface area contributed by atoms with Gasteiger partial charge in [-0.05, 0) is 29.8 Å². The summed E-state index contributed by atoms with van der Waals surface area (Å²) in [5.74, 6) is -1.58. The second-order valence-corrected chi connectivity index (χ2v) is 9.41. The van der Waals surface area contributed by atoms with Crippen molar-refractivity contribution < 1.29 is 27.1 Å². The van der Waals surface area contributed by atoms with E-state index in [1.807, 2.05) is 0 Å². The number of hydrogen-bond acceptors (Lipinski definition) is 5. The number of benzene rings is 2. The van der Waals surface area contributed by atoms with E-state index in [2.05, 4.69) is 0 Å². The molecule has 0 aromatic heterocycles. The number of carbonyl (C=O) groups is 2. The first kappa shape index (κ1) is 20.8. The van der Waals surface area contributed by atoms with Crippen LogP contribution in [0.2, 0.25) is 5.02 Å². The highest BCUT2D eigenvalue weighted by Crippen LogP contribution is 2.25. The Morgan fingerprint density at radius 1 is 1.10 bits per heavy atom. The maximum atomic E-state index is 13.3. The van der Waals surface area contributed by atoms with Gasteiger partial charge in [0.2, 0.25) is 10.0 Å². The van der Waals surface area contributed by atoms with E-state index in [4.69, 9.17) is 16.3 Å². The fourth-order valence-corrected chi connectivity index (χ4v) is 5.30. The second kappa shape index (κ2) is 7.98. The number of sulfonamides is 1. The van der Waals surface area contributed by atoms with E-state index >= 15 is 0 Å². The summed E-state index contributed by atoms with van der Waals surface area (Å²) in [6.07, 6.45) is -0.640. The van der Waals surface area contributed by atoms with E-state index in [1.165, 1.54) is 9.21 Å². The summed E-state index contributed by atoms with van der Waals surface area (Å²) in [5, 5.41) is -0.274. The molecule has 0 aliphatic carbocycles. The molecule has 0 saturated carbocycles. The molecule has 2 aliphatic rings. The molecule has 4 rings (SSSR count). The molecule has 10 heteroatoms. The van der Waals surface area contributed by atoms with Crippen molar-refractivity contribution in [3.05, 3.63) is 64.4 Å². The van der Waals surface area contributed by atoms with E-state index in [1.54, 1.807) is 24.3 Å². The van der Waals surface area contributed by atoms with Crippen molar-refractivity contribution in [3.63, 3.8) is 0 Å². The molecule has 0 N–H and O–H groups in total. The van der Waals surface area contributed by atoms with Crippen molar-refractivity contribution in [2.75, 3.05) is 26.2 Å². The zero-order valence-electron chi connectivity index (χ0n) is 15.8. The Balaban J connectivity index is 1.43. The van der Waals surface area contributed by atoms with E-state index in [9.17, 15) is 22.4 Å². The Bertz CT molecular complexity index is 1120. The molecule has 2 heterocycles. The van der Waals surface area contributed by atoms with Crippen LogP contribution in [0.15, 0.2) is 47.4 Å². The van der Waals surface area contributed by atoms with Crippen molar-refractivity contribution >= 4 is 33.5 Å². The van der Waals surface area contributed by atoms with Gasteiger partial charge in [0.1, 0.15) is 5.82 Å². The molecule has 1 saturated heterocycles. The van der Waals surface area contributed by atoms with Crippen LogP contribution in [0, 0.1) is 5.82 Å². The molecule has 1 amide bonds. The molecular weight excluding hydrogens is 435 g/mol. The largest absolute Gasteiger partial charge is 0.448 e. The van der Waals surface area contributed by atoms with Crippen molar-refractivity contribution in [2.45, 2.75) is 17.4 Å². The SMILES string of the molecule is O=C1OC(C(=O)N2CCN(S(=O)(=O)c3ccc(F)c(Cl)c3)CC2)Cc2ccccc21. The first-order valence-corrected chi connectivity index (χ1v) is 11.1. The summed E-state index contributed by atoms with van der Waals surface area (Å²) >= 11 is 5.71. The van der Waals surface area contributed by atoms with Crippen molar-refractivity contribution in [2.24, 2.45) is 0 Å². The maximum Gasteiger partial charge on any atom is 0.339 e. The molecule has 1 unspecified atom stereocenters. The lowest BCUT2D eigenvalue weighted by atomic mass is 9.98. The fourth-order valence-electron chi connectivity index (χ4n) is 3.61. The maximum absolute atomic E-state index is 13.3. The van der Waals surface area contributed by atoms with Crippen LogP contribution < -0.4 is 0 Å². The van der Waals surface area contributed by atoms with Gasteiger partial charge in [0.25, 0.3) is 5.91 Å². The van der Waals surface area contributed by atoms with Crippen LogP contribution in [-0.4, -0.2) is 61.8 Å². The number of cyclic esters (lactones) is 1. The quantitative estimate of drug-likeness (QED) is 0.666. The molecule has 2 aromatic rings. The van der Waals surface area contributed by atoms with Gasteiger partial charge in [-0.15, -0.1) is 0 Å². The number of hydrogen-bond donors (Lipinski definition) is 0. The van der Waals surface area contributed by atoms with Gasteiger partial charge in [0, 0.05) is 32.6 Å². The minimum absolute atomic E-state index is 0.0698. The molecule has 2 aliphatic heterocycles. The van der Waals surface area contributed by atoms with Crippen molar-refractivity contribution in [3.8, 4) is 0 Å². The number of piperazine rings is 1. The number of ether oxygens (including phenoxy) is 1. The van der Waals surface area contributed by atoms with Crippen LogP contribution in [0.25, 0.3) is 0 Å². The van der Waals surface area contributed by atoms with Crippen LogP contribution >= 0.6 is 11.6 Å². The molecule has 7 nitrogen and oxygen atoms in total. The third kappa shape index (κ3) is 3.80. The second-order valence-electron chi connectivity index (χ2n) is 7.06. The first-order valence-electron chi connectivity index (χ1n) is 9.30. The van der Waals surface area contributed by atoms with Gasteiger partial charge in [-0.3, -0.25) is 4.79 Å². The average molecular weight is 453 g/mol. The number of rotatable bonds is 3. The van der Waals surface area contributed by atoms with E-state index in [0.29, 0.717) is 5.56 Å². The van der Waals surface area contributed by atoms with Crippen LogP contribution in [0.1, 0.15) is 15.9 Å². The Labute approximate surface area is 178 Å². The lowest BCUT2D eigenvalue weighted by Gasteiger charge is -2.36. The molecule has 158 valence electrons. The van der Waals surface area contributed by atoms with Gasteiger partial charge >= 0.3 is 5.97 Å². The zero-order valence-corrected chi connectivity index (χ0v) is 17.3. The third-order valence-corrected chi connectivity index (χ3v) is 7.43. The topological polar surface area (TPSA) is 84.0 Å². The molecular formula is C20H18ClFN2O5S. The lowest BCUT2D eigenvalue weighted by Crippen LogP contribution is -2.54. The average Bonchev–Trinajstić information content (AvgIpc) is 2.75. The molecule has 0 radical (unpaired) electrons. The zero-order chi connectivity index (χ0) is 21.5. The van der Waals surface area contributed by atoms with E-state index in [0.717, 1.165) is 23.8 Å². The first-order chi connectivity index (χ1) is 14.3. The van der Waals surface area contributed by atoms with Gasteiger partial charge in [0.05, 0.1) is 15.5 Å². The van der Waals surface area contributed by atoms with Gasteiger partial charge < -0.3 is 9.64 Å². The van der Waals surface area contributed by atoms with Gasteiger partial charge in [0.15, 0.2) is 6.10 Å². The van der Waals surface area contributed by atoms with Gasteiger partial charge in [-0.25, -0.2) is 17.6 Å². The van der Waals surface area contributed by atoms with Crippen molar-refractivity contribution in [1.29, 1.82) is 0 Å². The Morgan fingerprint density at radius 2 is 1.80 bits per heavy atom. The van der Waals surface area contributed by atoms with Crippen LogP contribution in [0.3, 0.4) is 0 Å². The van der Waals surface area contributed by atoms with Crippen molar-refractivity contribution in [1.82, 2.24) is 9.21 Å². The normalized spacial score (nSPS) is 19.9. The highest BCUT2D eigenvalue weighted by Gasteiger charge is 2.36. The smallest absolute Gasteiger partial charge is 0.339 e. The van der Waals surface area contributed by atoms with Crippen LogP contribution in [-0.2, 0) is 26.0 Å². The summed E-state index contributed by atoms with van der Waals surface area (Å²) in [7, 11) is -3.87. The Kier molecular flexibility index (Phi) is 5.52. The minimum atomic E-state index is -3.87. The Morgan fingerprint density at radius 3 is 2.50 bits per heavy atom. The number of carbonyl (C=O) groups excluding carboxylic acids is 2. The monoisotopic (exact) mass is 452 g/mol. The number of amides is 1. The number of nitrogens with zero attached hydrogens (tertiary/aromatic N) is 2. The molecule has 1 fully saturated rings. The number of fused-ring (bicyclic) bond motifs is 1. The third-order valence-electron chi connectivity index (χ3n) is 5.25. The Hall–Kier alpha value is -2.49. The minimum Gasteiger partial charge on any atom is -0.448 e. The standard InChI is InChI=1S/C20H18ClFN2O5S/c21-16-12-14(5-6-17(16)22)30(27,28)24-9-7-23(8-10-24)19(25)18-11-13-3-1-2-4-15(13)20(26)29-18/h1-6,12,18H,7-11H2. The molecule has 0 bridgehead atoms. The molecule has 1 atom stereocenters. The van der Waals surface area contributed by atoms with Gasteiger partial charge in [-0.1, -0.05) is 29.8 Å². The summed E-state index contributed by atoms with van der Waals surface area (Å²) in [6.45, 7) is 0.450. The number of esters is 1. The molecule has 30 heavy (non-hydrogen) atoms.